The van der Waals surface area contributed by atoms with Crippen molar-refractivity contribution in [2.75, 3.05) is 23.8 Å². The fourth-order valence-electron chi connectivity index (χ4n) is 2.84. The first-order chi connectivity index (χ1) is 15.0. The standard InChI is InChI=1S/C25H26N2O4/c1-3-24(28)27-23-17-20(13-12-18(23)2)26-25(29)19-8-7-11-22(16-19)31-15-14-30-21-9-5-4-6-10-21/h4-13,16-17H,3,14-15H2,1-2H3,(H,26,29)(H,27,28). The van der Waals surface area contributed by atoms with E-state index in [1.54, 1.807) is 43.3 Å². The molecule has 6 heteroatoms. The summed E-state index contributed by atoms with van der Waals surface area (Å²) in [5, 5.41) is 5.70. The Morgan fingerprint density at radius 1 is 0.806 bits per heavy atom. The first-order valence-corrected chi connectivity index (χ1v) is 10.2. The molecule has 31 heavy (non-hydrogen) atoms. The summed E-state index contributed by atoms with van der Waals surface area (Å²) >= 11 is 0. The van der Waals surface area contributed by atoms with Gasteiger partial charge in [-0.3, -0.25) is 9.59 Å². The summed E-state index contributed by atoms with van der Waals surface area (Å²) in [7, 11) is 0. The third kappa shape index (κ3) is 6.60. The van der Waals surface area contributed by atoms with Crippen LogP contribution in [0.25, 0.3) is 0 Å². The Morgan fingerprint density at radius 3 is 2.26 bits per heavy atom. The zero-order valence-electron chi connectivity index (χ0n) is 17.7. The van der Waals surface area contributed by atoms with Crippen LogP contribution in [0.15, 0.2) is 72.8 Å². The zero-order chi connectivity index (χ0) is 22.1. The predicted molar refractivity (Wildman–Crippen MR) is 122 cm³/mol. The molecular weight excluding hydrogens is 392 g/mol. The van der Waals surface area contributed by atoms with Crippen molar-refractivity contribution in [3.05, 3.63) is 83.9 Å². The number of benzene rings is 3. The summed E-state index contributed by atoms with van der Waals surface area (Å²) in [6.45, 7) is 4.45. The number of hydrogen-bond acceptors (Lipinski definition) is 4. The molecule has 0 aliphatic heterocycles. The number of rotatable bonds is 9. The Kier molecular flexibility index (Phi) is 7.65. The summed E-state index contributed by atoms with van der Waals surface area (Å²) in [5.74, 6) is 1.03. The molecular formula is C25H26N2O4. The normalized spacial score (nSPS) is 10.3. The first-order valence-electron chi connectivity index (χ1n) is 10.2. The fraction of sp³-hybridized carbons (Fsp3) is 0.200. The van der Waals surface area contributed by atoms with Crippen LogP contribution in [0.3, 0.4) is 0 Å². The maximum absolute atomic E-state index is 12.7. The molecule has 0 bridgehead atoms. The second-order valence-electron chi connectivity index (χ2n) is 6.92. The quantitative estimate of drug-likeness (QED) is 0.477. The average molecular weight is 418 g/mol. The number of ether oxygens (including phenoxy) is 2. The van der Waals surface area contributed by atoms with Crippen LogP contribution in [0.1, 0.15) is 29.3 Å². The second kappa shape index (κ2) is 10.8. The van der Waals surface area contributed by atoms with E-state index in [0.717, 1.165) is 11.3 Å². The van der Waals surface area contributed by atoms with Crippen LogP contribution in [-0.2, 0) is 4.79 Å². The third-order valence-corrected chi connectivity index (χ3v) is 4.55. The highest BCUT2D eigenvalue weighted by molar-refractivity contribution is 6.05. The fourth-order valence-corrected chi connectivity index (χ4v) is 2.84. The van der Waals surface area contributed by atoms with E-state index in [0.29, 0.717) is 42.3 Å². The van der Waals surface area contributed by atoms with Crippen LogP contribution in [0.5, 0.6) is 11.5 Å². The highest BCUT2D eigenvalue weighted by Crippen LogP contribution is 2.22. The minimum Gasteiger partial charge on any atom is -0.490 e. The Labute approximate surface area is 182 Å². The molecule has 0 heterocycles. The van der Waals surface area contributed by atoms with E-state index in [-0.39, 0.29) is 11.8 Å². The predicted octanol–water partition coefficient (Wildman–Crippen LogP) is 5.05. The van der Waals surface area contributed by atoms with Crippen LogP contribution in [-0.4, -0.2) is 25.0 Å². The van der Waals surface area contributed by atoms with Crippen molar-refractivity contribution in [2.45, 2.75) is 20.3 Å². The van der Waals surface area contributed by atoms with Gasteiger partial charge in [0.1, 0.15) is 24.7 Å². The van der Waals surface area contributed by atoms with Gasteiger partial charge in [-0.25, -0.2) is 0 Å². The van der Waals surface area contributed by atoms with Crippen molar-refractivity contribution in [3.63, 3.8) is 0 Å². The molecule has 0 radical (unpaired) electrons. The molecule has 160 valence electrons. The van der Waals surface area contributed by atoms with Crippen molar-refractivity contribution in [1.29, 1.82) is 0 Å². The zero-order valence-corrected chi connectivity index (χ0v) is 17.7. The van der Waals surface area contributed by atoms with Crippen LogP contribution in [0, 0.1) is 6.92 Å². The highest BCUT2D eigenvalue weighted by atomic mass is 16.5. The summed E-state index contributed by atoms with van der Waals surface area (Å²) in [6.07, 6.45) is 0.388. The smallest absolute Gasteiger partial charge is 0.255 e. The molecule has 0 aromatic heterocycles. The summed E-state index contributed by atoms with van der Waals surface area (Å²) in [4.78, 5) is 24.4. The number of carbonyl (C=O) groups excluding carboxylic acids is 2. The van der Waals surface area contributed by atoms with Crippen LogP contribution < -0.4 is 20.1 Å². The lowest BCUT2D eigenvalue weighted by molar-refractivity contribution is -0.115. The van der Waals surface area contributed by atoms with Gasteiger partial charge in [0.25, 0.3) is 5.91 Å². The summed E-state index contributed by atoms with van der Waals surface area (Å²) < 4.78 is 11.3. The number of amides is 2. The highest BCUT2D eigenvalue weighted by Gasteiger charge is 2.10. The van der Waals surface area contributed by atoms with Gasteiger partial charge in [-0.05, 0) is 55.0 Å². The van der Waals surface area contributed by atoms with Crippen molar-refractivity contribution in [1.82, 2.24) is 0 Å². The number of carbonyl (C=O) groups is 2. The molecule has 6 nitrogen and oxygen atoms in total. The third-order valence-electron chi connectivity index (χ3n) is 4.55. The van der Waals surface area contributed by atoms with E-state index in [2.05, 4.69) is 10.6 Å². The van der Waals surface area contributed by atoms with E-state index < -0.39 is 0 Å². The molecule has 0 saturated heterocycles. The molecule has 2 amide bonds. The van der Waals surface area contributed by atoms with Crippen molar-refractivity contribution < 1.29 is 19.1 Å². The first kappa shape index (κ1) is 21.9. The van der Waals surface area contributed by atoms with Gasteiger partial charge in [0.15, 0.2) is 0 Å². The van der Waals surface area contributed by atoms with Crippen molar-refractivity contribution in [2.24, 2.45) is 0 Å². The van der Waals surface area contributed by atoms with Crippen LogP contribution in [0.2, 0.25) is 0 Å². The molecule has 0 spiro atoms. The topological polar surface area (TPSA) is 76.7 Å². The molecule has 0 atom stereocenters. The number of hydrogen-bond donors (Lipinski definition) is 2. The number of anilines is 2. The SMILES string of the molecule is CCC(=O)Nc1cc(NC(=O)c2cccc(OCCOc3ccccc3)c2)ccc1C. The van der Waals surface area contributed by atoms with E-state index in [9.17, 15) is 9.59 Å². The number of aryl methyl sites for hydroxylation is 1. The van der Waals surface area contributed by atoms with E-state index in [1.165, 1.54) is 0 Å². The lowest BCUT2D eigenvalue weighted by atomic mass is 10.1. The molecule has 0 saturated carbocycles. The maximum Gasteiger partial charge on any atom is 0.255 e. The molecule has 2 N–H and O–H groups in total. The van der Waals surface area contributed by atoms with Gasteiger partial charge >= 0.3 is 0 Å². The van der Waals surface area contributed by atoms with Crippen LogP contribution in [0.4, 0.5) is 11.4 Å². The molecule has 3 aromatic carbocycles. The Bertz CT molecular complexity index is 1030. The van der Waals surface area contributed by atoms with Crippen molar-refractivity contribution >= 4 is 23.2 Å². The van der Waals surface area contributed by atoms with Gasteiger partial charge in [0, 0.05) is 23.4 Å². The summed E-state index contributed by atoms with van der Waals surface area (Å²) in [6, 6.07) is 21.9. The lowest BCUT2D eigenvalue weighted by Crippen LogP contribution is -2.14. The van der Waals surface area contributed by atoms with Crippen molar-refractivity contribution in [3.8, 4) is 11.5 Å². The number of nitrogens with one attached hydrogen (secondary N) is 2. The molecule has 0 aliphatic rings. The molecule has 0 fully saturated rings. The molecule has 0 unspecified atom stereocenters. The largest absolute Gasteiger partial charge is 0.490 e. The lowest BCUT2D eigenvalue weighted by Gasteiger charge is -2.12. The molecule has 3 rings (SSSR count). The van der Waals surface area contributed by atoms with Gasteiger partial charge in [0.05, 0.1) is 0 Å². The summed E-state index contributed by atoms with van der Waals surface area (Å²) in [5.41, 5.74) is 2.68. The van der Waals surface area contributed by atoms with E-state index in [1.807, 2.05) is 43.3 Å². The van der Waals surface area contributed by atoms with Gasteiger partial charge < -0.3 is 20.1 Å². The van der Waals surface area contributed by atoms with Crippen LogP contribution >= 0.6 is 0 Å². The van der Waals surface area contributed by atoms with E-state index in [4.69, 9.17) is 9.47 Å². The number of para-hydroxylation sites is 1. The molecule has 0 aliphatic carbocycles. The van der Waals surface area contributed by atoms with Gasteiger partial charge in [-0.15, -0.1) is 0 Å². The Balaban J connectivity index is 1.57. The minimum absolute atomic E-state index is 0.0762. The van der Waals surface area contributed by atoms with E-state index >= 15 is 0 Å². The average Bonchev–Trinajstić information content (AvgIpc) is 2.79. The maximum atomic E-state index is 12.7. The minimum atomic E-state index is -0.261. The second-order valence-corrected chi connectivity index (χ2v) is 6.92. The van der Waals surface area contributed by atoms with Gasteiger partial charge in [0.2, 0.25) is 5.91 Å². The Morgan fingerprint density at radius 2 is 1.52 bits per heavy atom. The Hall–Kier alpha value is -3.80. The monoisotopic (exact) mass is 418 g/mol. The van der Waals surface area contributed by atoms with Gasteiger partial charge in [-0.2, -0.15) is 0 Å². The van der Waals surface area contributed by atoms with Gasteiger partial charge in [-0.1, -0.05) is 37.3 Å². The molecule has 3 aromatic rings.